The van der Waals surface area contributed by atoms with E-state index in [0.717, 1.165) is 19.6 Å². The molecule has 1 saturated heterocycles. The van der Waals surface area contributed by atoms with Crippen molar-refractivity contribution in [3.8, 4) is 11.5 Å². The van der Waals surface area contributed by atoms with Crippen molar-refractivity contribution in [2.45, 2.75) is 32.9 Å². The van der Waals surface area contributed by atoms with Crippen LogP contribution in [0.1, 0.15) is 31.1 Å². The summed E-state index contributed by atoms with van der Waals surface area (Å²) < 4.78 is 11.0. The van der Waals surface area contributed by atoms with E-state index in [1.54, 1.807) is 25.3 Å². The number of hydrogen-bond acceptors (Lipinski definition) is 4. The van der Waals surface area contributed by atoms with E-state index in [1.165, 1.54) is 0 Å². The second-order valence-corrected chi connectivity index (χ2v) is 5.58. The lowest BCUT2D eigenvalue weighted by atomic mass is 10.1. The minimum Gasteiger partial charge on any atom is -0.493 e. The van der Waals surface area contributed by atoms with Gasteiger partial charge in [-0.3, -0.25) is 4.79 Å². The Hall–Kier alpha value is -1.75. The highest BCUT2D eigenvalue weighted by Crippen LogP contribution is 2.29. The normalized spacial score (nSPS) is 18.7. The number of hydrogen-bond donors (Lipinski definition) is 1. The fourth-order valence-corrected chi connectivity index (χ4v) is 2.46. The summed E-state index contributed by atoms with van der Waals surface area (Å²) in [6.07, 6.45) is 0.0636. The molecule has 21 heavy (non-hydrogen) atoms. The molecule has 0 saturated carbocycles. The van der Waals surface area contributed by atoms with E-state index in [1.807, 2.05) is 18.7 Å². The molecule has 1 atom stereocenters. The van der Waals surface area contributed by atoms with Crippen LogP contribution in [-0.2, 0) is 0 Å². The largest absolute Gasteiger partial charge is 0.493 e. The van der Waals surface area contributed by atoms with Gasteiger partial charge in [-0.25, -0.2) is 0 Å². The van der Waals surface area contributed by atoms with E-state index in [-0.39, 0.29) is 18.1 Å². The number of ether oxygens (including phenoxy) is 2. The molecule has 1 aromatic rings. The van der Waals surface area contributed by atoms with Crippen molar-refractivity contribution in [3.05, 3.63) is 23.8 Å². The predicted octanol–water partition coefficient (Wildman–Crippen LogP) is 1.92. The molecule has 0 spiro atoms. The highest BCUT2D eigenvalue weighted by atomic mass is 16.5. The Morgan fingerprint density at radius 3 is 2.76 bits per heavy atom. The zero-order valence-corrected chi connectivity index (χ0v) is 13.2. The second-order valence-electron chi connectivity index (χ2n) is 5.58. The Balaban J connectivity index is 2.21. The predicted molar refractivity (Wildman–Crippen MR) is 82.1 cm³/mol. The van der Waals surface area contributed by atoms with E-state index in [0.29, 0.717) is 17.1 Å². The molecule has 0 radical (unpaired) electrons. The molecule has 1 aliphatic rings. The topological polar surface area (TPSA) is 50.8 Å². The summed E-state index contributed by atoms with van der Waals surface area (Å²) in [7, 11) is 1.59. The molecule has 1 amide bonds. The van der Waals surface area contributed by atoms with Gasteiger partial charge < -0.3 is 19.7 Å². The molecule has 5 nitrogen and oxygen atoms in total. The number of carbonyl (C=O) groups is 1. The van der Waals surface area contributed by atoms with Gasteiger partial charge in [0, 0.05) is 31.2 Å². The van der Waals surface area contributed by atoms with Gasteiger partial charge in [0.1, 0.15) is 0 Å². The van der Waals surface area contributed by atoms with Gasteiger partial charge >= 0.3 is 0 Å². The molecule has 0 aromatic heterocycles. The van der Waals surface area contributed by atoms with Crippen molar-refractivity contribution in [1.82, 2.24) is 10.2 Å². The summed E-state index contributed by atoms with van der Waals surface area (Å²) in [4.78, 5) is 14.5. The van der Waals surface area contributed by atoms with Gasteiger partial charge in [-0.15, -0.1) is 0 Å². The molecule has 116 valence electrons. The lowest BCUT2D eigenvalue weighted by Gasteiger charge is -2.34. The first-order valence-electron chi connectivity index (χ1n) is 7.39. The third kappa shape index (κ3) is 3.67. The van der Waals surface area contributed by atoms with Crippen molar-refractivity contribution in [2.75, 3.05) is 26.7 Å². The van der Waals surface area contributed by atoms with Crippen molar-refractivity contribution in [2.24, 2.45) is 0 Å². The SMILES string of the molecule is COc1cc(C(=O)N2CCNCC2C)ccc1OC(C)C. The van der Waals surface area contributed by atoms with Gasteiger partial charge in [0.05, 0.1) is 13.2 Å². The number of piperazine rings is 1. The van der Waals surface area contributed by atoms with Gasteiger partial charge in [0.25, 0.3) is 5.91 Å². The van der Waals surface area contributed by atoms with Crippen LogP contribution in [0, 0.1) is 0 Å². The molecular weight excluding hydrogens is 268 g/mol. The molecule has 1 N–H and O–H groups in total. The molecule has 0 aliphatic carbocycles. The first kappa shape index (κ1) is 15.6. The van der Waals surface area contributed by atoms with Crippen LogP contribution in [-0.4, -0.2) is 49.7 Å². The first-order valence-corrected chi connectivity index (χ1v) is 7.39. The van der Waals surface area contributed by atoms with Gasteiger partial charge in [0.2, 0.25) is 0 Å². The maximum absolute atomic E-state index is 12.6. The molecule has 5 heteroatoms. The monoisotopic (exact) mass is 292 g/mol. The van der Waals surface area contributed by atoms with Crippen LogP contribution >= 0.6 is 0 Å². The number of rotatable bonds is 4. The van der Waals surface area contributed by atoms with Gasteiger partial charge in [-0.2, -0.15) is 0 Å². The lowest BCUT2D eigenvalue weighted by Crippen LogP contribution is -2.52. The Morgan fingerprint density at radius 1 is 1.38 bits per heavy atom. The number of nitrogens with zero attached hydrogens (tertiary/aromatic N) is 1. The van der Waals surface area contributed by atoms with Crippen LogP contribution in [0.5, 0.6) is 11.5 Å². The van der Waals surface area contributed by atoms with E-state index in [4.69, 9.17) is 9.47 Å². The minimum atomic E-state index is 0.0402. The summed E-state index contributed by atoms with van der Waals surface area (Å²) >= 11 is 0. The summed E-state index contributed by atoms with van der Waals surface area (Å²) in [5.41, 5.74) is 0.636. The molecule has 1 aliphatic heterocycles. The zero-order valence-electron chi connectivity index (χ0n) is 13.2. The average molecular weight is 292 g/mol. The fourth-order valence-electron chi connectivity index (χ4n) is 2.46. The Morgan fingerprint density at radius 2 is 2.14 bits per heavy atom. The van der Waals surface area contributed by atoms with Gasteiger partial charge in [-0.1, -0.05) is 0 Å². The van der Waals surface area contributed by atoms with Crippen LogP contribution in [0.4, 0.5) is 0 Å². The molecule has 1 fully saturated rings. The summed E-state index contributed by atoms with van der Waals surface area (Å²) in [6, 6.07) is 5.56. The van der Waals surface area contributed by atoms with Gasteiger partial charge in [-0.05, 0) is 39.0 Å². The van der Waals surface area contributed by atoms with Crippen LogP contribution in [0.25, 0.3) is 0 Å². The molecule has 0 bridgehead atoms. The van der Waals surface area contributed by atoms with Gasteiger partial charge in [0.15, 0.2) is 11.5 Å². The van der Waals surface area contributed by atoms with Crippen molar-refractivity contribution in [3.63, 3.8) is 0 Å². The molecule has 1 unspecified atom stereocenters. The van der Waals surface area contributed by atoms with E-state index >= 15 is 0 Å². The van der Waals surface area contributed by atoms with Crippen LogP contribution in [0.2, 0.25) is 0 Å². The Kier molecular flexibility index (Phi) is 5.07. The Bertz CT molecular complexity index is 502. The number of methoxy groups -OCH3 is 1. The molecular formula is C16H24N2O3. The van der Waals surface area contributed by atoms with Crippen LogP contribution in [0.3, 0.4) is 0 Å². The van der Waals surface area contributed by atoms with Crippen LogP contribution in [0.15, 0.2) is 18.2 Å². The Labute approximate surface area is 126 Å². The maximum atomic E-state index is 12.6. The maximum Gasteiger partial charge on any atom is 0.254 e. The van der Waals surface area contributed by atoms with E-state index in [9.17, 15) is 4.79 Å². The fraction of sp³-hybridized carbons (Fsp3) is 0.562. The summed E-state index contributed by atoms with van der Waals surface area (Å²) in [5.74, 6) is 1.30. The molecule has 2 rings (SSSR count). The second kappa shape index (κ2) is 6.80. The smallest absolute Gasteiger partial charge is 0.254 e. The average Bonchev–Trinajstić information content (AvgIpc) is 2.47. The quantitative estimate of drug-likeness (QED) is 0.921. The van der Waals surface area contributed by atoms with E-state index < -0.39 is 0 Å². The van der Waals surface area contributed by atoms with Crippen molar-refractivity contribution in [1.29, 1.82) is 0 Å². The third-order valence-electron chi connectivity index (χ3n) is 3.54. The van der Waals surface area contributed by atoms with Crippen molar-refractivity contribution < 1.29 is 14.3 Å². The molecule has 1 aromatic carbocycles. The van der Waals surface area contributed by atoms with E-state index in [2.05, 4.69) is 12.2 Å². The summed E-state index contributed by atoms with van der Waals surface area (Å²) in [5, 5.41) is 3.29. The van der Waals surface area contributed by atoms with Crippen molar-refractivity contribution >= 4 is 5.91 Å². The first-order chi connectivity index (χ1) is 10.0. The lowest BCUT2D eigenvalue weighted by molar-refractivity contribution is 0.0655. The summed E-state index contributed by atoms with van der Waals surface area (Å²) in [6.45, 7) is 8.37. The highest BCUT2D eigenvalue weighted by molar-refractivity contribution is 5.95. The number of amides is 1. The zero-order chi connectivity index (χ0) is 15.4. The molecule has 1 heterocycles. The standard InChI is InChI=1S/C16H24N2O3/c1-11(2)21-14-6-5-13(9-15(14)20-4)16(19)18-8-7-17-10-12(18)3/h5-6,9,11-12,17H,7-8,10H2,1-4H3. The highest BCUT2D eigenvalue weighted by Gasteiger charge is 2.24. The minimum absolute atomic E-state index is 0.0402. The number of nitrogens with one attached hydrogen (secondary N) is 1. The third-order valence-corrected chi connectivity index (χ3v) is 3.54. The number of benzene rings is 1. The number of carbonyl (C=O) groups excluding carboxylic acids is 1. The van der Waals surface area contributed by atoms with Crippen LogP contribution < -0.4 is 14.8 Å².